The molecule has 0 spiro atoms. The van der Waals surface area contributed by atoms with Gasteiger partial charge >= 0.3 is 11.9 Å². The molecule has 0 radical (unpaired) electrons. The van der Waals surface area contributed by atoms with Gasteiger partial charge in [0, 0.05) is 10.7 Å². The van der Waals surface area contributed by atoms with Crippen LogP contribution in [-0.2, 0) is 14.3 Å². The van der Waals surface area contributed by atoms with Gasteiger partial charge in [-0.3, -0.25) is 4.79 Å². The highest BCUT2D eigenvalue weighted by atomic mass is 35.5. The Morgan fingerprint density at radius 2 is 1.39 bits per heavy atom. The van der Waals surface area contributed by atoms with Crippen LogP contribution in [0.1, 0.15) is 34.6 Å². The molecule has 0 fully saturated rings. The Balaban J connectivity index is 2.26. The van der Waals surface area contributed by atoms with Crippen molar-refractivity contribution in [2.45, 2.75) is 19.4 Å². The van der Waals surface area contributed by atoms with E-state index in [1.165, 1.54) is 32.4 Å². The van der Waals surface area contributed by atoms with E-state index in [-0.39, 0.29) is 16.8 Å². The maximum Gasteiger partial charge on any atom is 0.337 e. The van der Waals surface area contributed by atoms with E-state index in [4.69, 9.17) is 16.3 Å². The van der Waals surface area contributed by atoms with Gasteiger partial charge in [-0.1, -0.05) is 11.6 Å². The van der Waals surface area contributed by atoms with Crippen LogP contribution < -0.4 is 10.1 Å². The molecule has 1 amide bonds. The van der Waals surface area contributed by atoms with Crippen molar-refractivity contribution in [1.82, 2.24) is 0 Å². The van der Waals surface area contributed by atoms with E-state index in [0.717, 1.165) is 0 Å². The summed E-state index contributed by atoms with van der Waals surface area (Å²) in [6.45, 7) is 3.17. The maximum atomic E-state index is 12.7. The molecule has 2 aromatic rings. The minimum Gasteiger partial charge on any atom is -0.478 e. The summed E-state index contributed by atoms with van der Waals surface area (Å²) in [5.41, 5.74) is -0.837. The molecule has 0 bridgehead atoms. The first-order valence-electron chi connectivity index (χ1n) is 8.24. The second-order valence-electron chi connectivity index (χ2n) is 6.30. The molecular weight excluding hydrogens is 386 g/mol. The highest BCUT2D eigenvalue weighted by molar-refractivity contribution is 6.30. The van der Waals surface area contributed by atoms with Crippen molar-refractivity contribution in [1.29, 1.82) is 0 Å². The van der Waals surface area contributed by atoms with Gasteiger partial charge in [0.1, 0.15) is 5.75 Å². The quantitative estimate of drug-likeness (QED) is 0.737. The van der Waals surface area contributed by atoms with Gasteiger partial charge in [0.05, 0.1) is 25.3 Å². The largest absolute Gasteiger partial charge is 0.478 e. The van der Waals surface area contributed by atoms with Gasteiger partial charge in [-0.15, -0.1) is 0 Å². The van der Waals surface area contributed by atoms with Gasteiger partial charge < -0.3 is 19.5 Å². The highest BCUT2D eigenvalue weighted by Crippen LogP contribution is 2.23. The van der Waals surface area contributed by atoms with Crippen molar-refractivity contribution in [3.8, 4) is 5.75 Å². The number of rotatable bonds is 6. The molecule has 28 heavy (non-hydrogen) atoms. The molecule has 2 aromatic carbocycles. The molecule has 1 N–H and O–H groups in total. The molecule has 0 saturated carbocycles. The third-order valence-corrected chi connectivity index (χ3v) is 4.02. The number of halogens is 1. The average Bonchev–Trinajstić information content (AvgIpc) is 2.67. The predicted octanol–water partition coefficient (Wildman–Crippen LogP) is 3.71. The van der Waals surface area contributed by atoms with Gasteiger partial charge in [-0.25, -0.2) is 9.59 Å². The Hall–Kier alpha value is -3.06. The number of hydrogen-bond acceptors (Lipinski definition) is 6. The molecule has 0 aliphatic heterocycles. The van der Waals surface area contributed by atoms with Crippen molar-refractivity contribution in [3.05, 3.63) is 58.6 Å². The summed E-state index contributed by atoms with van der Waals surface area (Å²) in [5.74, 6) is -1.33. The van der Waals surface area contributed by atoms with Crippen molar-refractivity contribution < 1.29 is 28.6 Å². The van der Waals surface area contributed by atoms with Crippen molar-refractivity contribution in [2.24, 2.45) is 0 Å². The molecule has 148 valence electrons. The topological polar surface area (TPSA) is 90.9 Å². The van der Waals surface area contributed by atoms with Crippen LogP contribution in [-0.4, -0.2) is 37.7 Å². The van der Waals surface area contributed by atoms with Gasteiger partial charge in [0.2, 0.25) is 0 Å². The Morgan fingerprint density at radius 1 is 0.893 bits per heavy atom. The number of nitrogens with one attached hydrogen (secondary N) is 1. The monoisotopic (exact) mass is 405 g/mol. The van der Waals surface area contributed by atoms with Crippen LogP contribution in [0, 0.1) is 0 Å². The van der Waals surface area contributed by atoms with E-state index in [9.17, 15) is 14.4 Å². The van der Waals surface area contributed by atoms with Crippen LogP contribution in [0.4, 0.5) is 5.69 Å². The van der Waals surface area contributed by atoms with Crippen LogP contribution in [0.5, 0.6) is 5.75 Å². The molecule has 0 unspecified atom stereocenters. The lowest BCUT2D eigenvalue weighted by Crippen LogP contribution is -2.42. The standard InChI is InChI=1S/C20H20ClNO6/c1-20(2,28-16-7-5-14(21)6-8-16)19(25)22-15-10-12(17(23)26-3)9-13(11-15)18(24)27-4/h5-11H,1-4H3,(H,22,25). The van der Waals surface area contributed by atoms with Crippen LogP contribution in [0.25, 0.3) is 0 Å². The zero-order valence-corrected chi connectivity index (χ0v) is 16.6. The fourth-order valence-electron chi connectivity index (χ4n) is 2.30. The molecule has 0 heterocycles. The Bertz CT molecular complexity index is 858. The lowest BCUT2D eigenvalue weighted by Gasteiger charge is -2.25. The Kier molecular flexibility index (Phi) is 6.64. The molecular formula is C20H20ClNO6. The van der Waals surface area contributed by atoms with E-state index in [1.807, 2.05) is 0 Å². The molecule has 0 aromatic heterocycles. The fraction of sp³-hybridized carbons (Fsp3) is 0.250. The molecule has 8 heteroatoms. The van der Waals surface area contributed by atoms with Crippen molar-refractivity contribution >= 4 is 35.1 Å². The summed E-state index contributed by atoms with van der Waals surface area (Å²) in [7, 11) is 2.43. The summed E-state index contributed by atoms with van der Waals surface area (Å²) >= 11 is 5.85. The number of esters is 2. The third-order valence-electron chi connectivity index (χ3n) is 3.77. The lowest BCUT2D eigenvalue weighted by molar-refractivity contribution is -0.128. The summed E-state index contributed by atoms with van der Waals surface area (Å²) in [4.78, 5) is 36.4. The van der Waals surface area contributed by atoms with E-state index >= 15 is 0 Å². The Morgan fingerprint density at radius 3 is 1.86 bits per heavy atom. The third kappa shape index (κ3) is 5.23. The predicted molar refractivity (Wildman–Crippen MR) is 104 cm³/mol. The summed E-state index contributed by atoms with van der Waals surface area (Å²) in [6, 6.07) is 10.7. The summed E-state index contributed by atoms with van der Waals surface area (Å²) in [6.07, 6.45) is 0. The second-order valence-corrected chi connectivity index (χ2v) is 6.74. The van der Waals surface area contributed by atoms with Crippen LogP contribution in [0.15, 0.2) is 42.5 Å². The van der Waals surface area contributed by atoms with E-state index in [1.54, 1.807) is 38.1 Å². The Labute approximate surface area is 167 Å². The fourth-order valence-corrected chi connectivity index (χ4v) is 2.42. The van der Waals surface area contributed by atoms with E-state index in [0.29, 0.717) is 10.8 Å². The lowest BCUT2D eigenvalue weighted by atomic mass is 10.1. The number of benzene rings is 2. The first-order valence-corrected chi connectivity index (χ1v) is 8.62. The van der Waals surface area contributed by atoms with Gasteiger partial charge in [0.25, 0.3) is 5.91 Å². The SMILES string of the molecule is COC(=O)c1cc(NC(=O)C(C)(C)Oc2ccc(Cl)cc2)cc(C(=O)OC)c1. The highest BCUT2D eigenvalue weighted by Gasteiger charge is 2.30. The number of anilines is 1. The van der Waals surface area contributed by atoms with Crippen LogP contribution in [0.3, 0.4) is 0 Å². The zero-order chi connectivity index (χ0) is 20.9. The number of amides is 1. The molecule has 7 nitrogen and oxygen atoms in total. The smallest absolute Gasteiger partial charge is 0.337 e. The summed E-state index contributed by atoms with van der Waals surface area (Å²) in [5, 5.41) is 3.19. The first kappa shape index (κ1) is 21.2. The van der Waals surface area contributed by atoms with Crippen LogP contribution in [0.2, 0.25) is 5.02 Å². The average molecular weight is 406 g/mol. The normalized spacial score (nSPS) is 10.8. The van der Waals surface area contributed by atoms with Crippen molar-refractivity contribution in [3.63, 3.8) is 0 Å². The molecule has 0 aliphatic carbocycles. The molecule has 0 saturated heterocycles. The summed E-state index contributed by atoms with van der Waals surface area (Å²) < 4.78 is 15.1. The number of carbonyl (C=O) groups is 3. The molecule has 2 rings (SSSR count). The van der Waals surface area contributed by atoms with Gasteiger partial charge in [-0.2, -0.15) is 0 Å². The van der Waals surface area contributed by atoms with E-state index in [2.05, 4.69) is 14.8 Å². The maximum absolute atomic E-state index is 12.7. The molecule has 0 atom stereocenters. The van der Waals surface area contributed by atoms with Gasteiger partial charge in [-0.05, 0) is 56.3 Å². The first-order chi connectivity index (χ1) is 13.2. The molecule has 0 aliphatic rings. The van der Waals surface area contributed by atoms with Gasteiger partial charge in [0.15, 0.2) is 5.60 Å². The van der Waals surface area contributed by atoms with Crippen molar-refractivity contribution in [2.75, 3.05) is 19.5 Å². The number of hydrogen-bond donors (Lipinski definition) is 1. The van der Waals surface area contributed by atoms with Crippen LogP contribution >= 0.6 is 11.6 Å². The minimum atomic E-state index is -1.25. The zero-order valence-electron chi connectivity index (χ0n) is 15.9. The second kappa shape index (κ2) is 8.75. The number of methoxy groups -OCH3 is 2. The van der Waals surface area contributed by atoms with E-state index < -0.39 is 23.4 Å². The number of ether oxygens (including phenoxy) is 3. The number of carbonyl (C=O) groups excluding carboxylic acids is 3. The minimum absolute atomic E-state index is 0.0946.